The van der Waals surface area contributed by atoms with Gasteiger partial charge in [-0.2, -0.15) is 0 Å². The minimum absolute atomic E-state index is 0.0933. The van der Waals surface area contributed by atoms with E-state index in [1.165, 1.54) is 6.07 Å². The molecule has 0 aliphatic carbocycles. The maximum atomic E-state index is 14.0. The standard InChI is InChI=1S/C14H21FN2/c1-13(2)9-16-10-14(3,4)17(13)12-8-6-5-7-11(12)15/h5-8,16H,9-10H2,1-4H3. The molecule has 0 amide bonds. The van der Waals surface area contributed by atoms with Gasteiger partial charge in [-0.3, -0.25) is 0 Å². The van der Waals surface area contributed by atoms with Gasteiger partial charge in [-0.1, -0.05) is 12.1 Å². The van der Waals surface area contributed by atoms with Crippen molar-refractivity contribution in [1.82, 2.24) is 5.32 Å². The van der Waals surface area contributed by atoms with Crippen LogP contribution in [0.5, 0.6) is 0 Å². The third-order valence-corrected chi connectivity index (χ3v) is 3.42. The van der Waals surface area contributed by atoms with E-state index in [0.29, 0.717) is 5.69 Å². The minimum atomic E-state index is -0.143. The minimum Gasteiger partial charge on any atom is -0.356 e. The normalized spacial score (nSPS) is 22.5. The van der Waals surface area contributed by atoms with Crippen molar-refractivity contribution in [3.63, 3.8) is 0 Å². The van der Waals surface area contributed by atoms with Crippen LogP contribution in [0.2, 0.25) is 0 Å². The molecule has 1 saturated heterocycles. The third kappa shape index (κ3) is 2.16. The number of anilines is 1. The number of benzene rings is 1. The van der Waals surface area contributed by atoms with Gasteiger partial charge in [0, 0.05) is 24.2 Å². The Kier molecular flexibility index (Phi) is 2.90. The van der Waals surface area contributed by atoms with E-state index in [2.05, 4.69) is 37.9 Å². The zero-order valence-electron chi connectivity index (χ0n) is 11.0. The van der Waals surface area contributed by atoms with E-state index in [1.54, 1.807) is 6.07 Å². The second-order valence-corrected chi connectivity index (χ2v) is 6.02. The van der Waals surface area contributed by atoms with Crippen molar-refractivity contribution in [2.24, 2.45) is 0 Å². The molecular weight excluding hydrogens is 215 g/mol. The SMILES string of the molecule is CC1(C)CNCC(C)(C)N1c1ccccc1F. The first kappa shape index (κ1) is 12.4. The van der Waals surface area contributed by atoms with E-state index in [1.807, 2.05) is 12.1 Å². The van der Waals surface area contributed by atoms with E-state index >= 15 is 0 Å². The van der Waals surface area contributed by atoms with Crippen LogP contribution in [-0.2, 0) is 0 Å². The molecule has 94 valence electrons. The Balaban J connectivity index is 2.49. The monoisotopic (exact) mass is 236 g/mol. The van der Waals surface area contributed by atoms with Gasteiger partial charge in [0.2, 0.25) is 0 Å². The van der Waals surface area contributed by atoms with E-state index in [4.69, 9.17) is 0 Å². The smallest absolute Gasteiger partial charge is 0.146 e. The van der Waals surface area contributed by atoms with E-state index in [0.717, 1.165) is 13.1 Å². The summed E-state index contributed by atoms with van der Waals surface area (Å²) in [4.78, 5) is 2.20. The fraction of sp³-hybridized carbons (Fsp3) is 0.571. The highest BCUT2D eigenvalue weighted by atomic mass is 19.1. The molecule has 0 bridgehead atoms. The average molecular weight is 236 g/mol. The van der Waals surface area contributed by atoms with Gasteiger partial charge >= 0.3 is 0 Å². The Morgan fingerprint density at radius 3 is 2.12 bits per heavy atom. The fourth-order valence-corrected chi connectivity index (χ4v) is 2.94. The highest BCUT2D eigenvalue weighted by Gasteiger charge is 2.42. The van der Waals surface area contributed by atoms with Crippen LogP contribution >= 0.6 is 0 Å². The maximum absolute atomic E-state index is 14.0. The average Bonchev–Trinajstić information content (AvgIpc) is 2.18. The predicted octanol–water partition coefficient (Wildman–Crippen LogP) is 2.79. The Hall–Kier alpha value is -1.09. The van der Waals surface area contributed by atoms with Crippen LogP contribution < -0.4 is 10.2 Å². The summed E-state index contributed by atoms with van der Waals surface area (Å²) >= 11 is 0. The molecule has 17 heavy (non-hydrogen) atoms. The highest BCUT2D eigenvalue weighted by Crippen LogP contribution is 2.35. The first-order valence-corrected chi connectivity index (χ1v) is 6.10. The molecule has 0 atom stereocenters. The van der Waals surface area contributed by atoms with Crippen LogP contribution in [0.25, 0.3) is 0 Å². The Labute approximate surface area is 103 Å². The quantitative estimate of drug-likeness (QED) is 0.806. The number of nitrogens with zero attached hydrogens (tertiary/aromatic N) is 1. The largest absolute Gasteiger partial charge is 0.356 e. The van der Waals surface area contributed by atoms with Gasteiger partial charge in [-0.05, 0) is 39.8 Å². The topological polar surface area (TPSA) is 15.3 Å². The Bertz CT molecular complexity index is 396. The van der Waals surface area contributed by atoms with Crippen LogP contribution in [0.15, 0.2) is 24.3 Å². The van der Waals surface area contributed by atoms with Crippen molar-refractivity contribution < 1.29 is 4.39 Å². The van der Waals surface area contributed by atoms with Crippen molar-refractivity contribution >= 4 is 5.69 Å². The van der Waals surface area contributed by atoms with Crippen molar-refractivity contribution in [3.8, 4) is 0 Å². The second kappa shape index (κ2) is 3.98. The van der Waals surface area contributed by atoms with Gasteiger partial charge in [0.05, 0.1) is 5.69 Å². The fourth-order valence-electron chi connectivity index (χ4n) is 2.94. The van der Waals surface area contributed by atoms with Crippen molar-refractivity contribution in [3.05, 3.63) is 30.1 Å². The van der Waals surface area contributed by atoms with Crippen molar-refractivity contribution in [1.29, 1.82) is 0 Å². The molecular formula is C14H21FN2. The van der Waals surface area contributed by atoms with E-state index < -0.39 is 0 Å². The first-order chi connectivity index (χ1) is 7.84. The molecule has 0 saturated carbocycles. The van der Waals surface area contributed by atoms with Gasteiger partial charge in [-0.15, -0.1) is 0 Å². The molecule has 1 aliphatic heterocycles. The van der Waals surface area contributed by atoms with Gasteiger partial charge in [-0.25, -0.2) is 4.39 Å². The number of nitrogens with one attached hydrogen (secondary N) is 1. The van der Waals surface area contributed by atoms with Crippen molar-refractivity contribution in [2.45, 2.75) is 38.8 Å². The number of rotatable bonds is 1. The lowest BCUT2D eigenvalue weighted by Gasteiger charge is -2.54. The summed E-state index contributed by atoms with van der Waals surface area (Å²) in [5.74, 6) is -0.143. The molecule has 1 N–H and O–H groups in total. The summed E-state index contributed by atoms with van der Waals surface area (Å²) in [5, 5.41) is 3.42. The summed E-state index contributed by atoms with van der Waals surface area (Å²) in [7, 11) is 0. The van der Waals surface area contributed by atoms with E-state index in [9.17, 15) is 4.39 Å². The number of para-hydroxylation sites is 1. The lowest BCUT2D eigenvalue weighted by Crippen LogP contribution is -2.68. The highest BCUT2D eigenvalue weighted by molar-refractivity contribution is 5.53. The van der Waals surface area contributed by atoms with Crippen LogP contribution in [0, 0.1) is 5.82 Å². The van der Waals surface area contributed by atoms with Gasteiger partial charge in [0.25, 0.3) is 0 Å². The summed E-state index contributed by atoms with van der Waals surface area (Å²) < 4.78 is 14.0. The van der Waals surface area contributed by atoms with Gasteiger partial charge < -0.3 is 10.2 Å². The molecule has 0 radical (unpaired) electrons. The number of hydrogen-bond donors (Lipinski definition) is 1. The molecule has 1 fully saturated rings. The van der Waals surface area contributed by atoms with Gasteiger partial charge in [0.1, 0.15) is 5.82 Å². The lowest BCUT2D eigenvalue weighted by atomic mass is 9.88. The Morgan fingerprint density at radius 2 is 1.59 bits per heavy atom. The zero-order valence-corrected chi connectivity index (χ0v) is 11.0. The molecule has 1 aromatic rings. The Morgan fingerprint density at radius 1 is 1.06 bits per heavy atom. The number of hydrogen-bond acceptors (Lipinski definition) is 2. The van der Waals surface area contributed by atoms with Crippen LogP contribution in [-0.4, -0.2) is 24.2 Å². The predicted molar refractivity (Wildman–Crippen MR) is 69.9 cm³/mol. The molecule has 1 heterocycles. The maximum Gasteiger partial charge on any atom is 0.146 e. The van der Waals surface area contributed by atoms with Crippen LogP contribution in [0.3, 0.4) is 0 Å². The summed E-state index contributed by atoms with van der Waals surface area (Å²) in [6, 6.07) is 7.03. The van der Waals surface area contributed by atoms with Crippen LogP contribution in [0.1, 0.15) is 27.7 Å². The van der Waals surface area contributed by atoms with E-state index in [-0.39, 0.29) is 16.9 Å². The molecule has 2 nitrogen and oxygen atoms in total. The summed E-state index contributed by atoms with van der Waals surface area (Å²) in [6.07, 6.45) is 0. The summed E-state index contributed by atoms with van der Waals surface area (Å²) in [5.41, 5.74) is 0.512. The lowest BCUT2D eigenvalue weighted by molar-refractivity contribution is 0.260. The molecule has 3 heteroatoms. The molecule has 0 unspecified atom stereocenters. The van der Waals surface area contributed by atoms with Crippen molar-refractivity contribution in [2.75, 3.05) is 18.0 Å². The third-order valence-electron chi connectivity index (χ3n) is 3.42. The summed E-state index contributed by atoms with van der Waals surface area (Å²) in [6.45, 7) is 10.3. The van der Waals surface area contributed by atoms with Gasteiger partial charge in [0.15, 0.2) is 0 Å². The number of piperazine rings is 1. The zero-order chi connectivity index (χ0) is 12.7. The van der Waals surface area contributed by atoms with Crippen LogP contribution in [0.4, 0.5) is 10.1 Å². The second-order valence-electron chi connectivity index (χ2n) is 6.02. The molecule has 1 aromatic carbocycles. The molecule has 1 aliphatic rings. The molecule has 0 spiro atoms. The first-order valence-electron chi connectivity index (χ1n) is 6.10. The molecule has 2 rings (SSSR count). The number of halogens is 1. The molecule has 0 aromatic heterocycles.